The highest BCUT2D eigenvalue weighted by Crippen LogP contribution is 2.39. The van der Waals surface area contributed by atoms with Crippen LogP contribution in [0.25, 0.3) is 22.5 Å². The van der Waals surface area contributed by atoms with Crippen LogP contribution in [0.2, 0.25) is 0 Å². The van der Waals surface area contributed by atoms with Crippen LogP contribution in [0, 0.1) is 0 Å². The van der Waals surface area contributed by atoms with E-state index in [9.17, 15) is 19.8 Å². The number of carbonyl (C=O) groups is 2. The van der Waals surface area contributed by atoms with Gasteiger partial charge < -0.3 is 48.8 Å². The zero-order chi connectivity index (χ0) is 60.0. The fourth-order valence-electron chi connectivity index (χ4n) is 10.4. The zero-order valence-electron chi connectivity index (χ0n) is 49.0. The summed E-state index contributed by atoms with van der Waals surface area (Å²) in [5.41, 5.74) is 12.6. The third-order valence-corrected chi connectivity index (χ3v) is 15.2. The van der Waals surface area contributed by atoms with E-state index in [1.807, 2.05) is 109 Å². The second kappa shape index (κ2) is 25.0. The van der Waals surface area contributed by atoms with Gasteiger partial charge in [-0.2, -0.15) is 0 Å². The molecular weight excluding hydrogens is 1080 g/mol. The summed E-state index contributed by atoms with van der Waals surface area (Å²) in [6.45, 7) is 12.8. The lowest BCUT2D eigenvalue weighted by Gasteiger charge is -2.20. The first-order chi connectivity index (χ1) is 41.4. The molecule has 1 aliphatic carbocycles. The first-order valence-corrected chi connectivity index (χ1v) is 28.7. The van der Waals surface area contributed by atoms with Crippen LogP contribution in [0.4, 0.5) is 11.4 Å². The van der Waals surface area contributed by atoms with Crippen LogP contribution in [0.5, 0.6) is 34.5 Å². The van der Waals surface area contributed by atoms with Crippen molar-refractivity contribution in [3.63, 3.8) is 0 Å². The van der Waals surface area contributed by atoms with E-state index in [0.717, 1.165) is 44.8 Å². The summed E-state index contributed by atoms with van der Waals surface area (Å²) in [6.07, 6.45) is 1.07. The lowest BCUT2D eigenvalue weighted by Crippen LogP contribution is -2.21. The van der Waals surface area contributed by atoms with Crippen LogP contribution in [0.3, 0.4) is 0 Å². The Labute approximate surface area is 500 Å². The summed E-state index contributed by atoms with van der Waals surface area (Å²) in [6, 6.07) is 57.1. The molecule has 2 aromatic heterocycles. The smallest absolute Gasteiger partial charge is 0.262 e. The fourth-order valence-corrected chi connectivity index (χ4v) is 10.4. The minimum Gasteiger partial charge on any atom is -0.507 e. The number of anilines is 2. The average molecular weight is 1150 g/mol. The fraction of sp³-hybridized carbons (Fsp3) is 0.222. The molecule has 10 aromatic rings. The van der Waals surface area contributed by atoms with E-state index in [2.05, 4.69) is 86.8 Å². The predicted octanol–water partition coefficient (Wildman–Crippen LogP) is 14.9. The van der Waals surface area contributed by atoms with Gasteiger partial charge in [0.1, 0.15) is 59.1 Å². The van der Waals surface area contributed by atoms with E-state index in [-0.39, 0.29) is 86.3 Å². The molecule has 2 amide bonds. The molecular formula is C72H68N4O10. The third kappa shape index (κ3) is 13.9. The highest BCUT2D eigenvalue weighted by Gasteiger charge is 2.23. The van der Waals surface area contributed by atoms with Gasteiger partial charge in [-0.15, -0.1) is 0 Å². The number of phenols is 2. The molecule has 86 heavy (non-hydrogen) atoms. The van der Waals surface area contributed by atoms with Crippen molar-refractivity contribution in [2.75, 3.05) is 23.8 Å². The number of aromatic hydroxyl groups is 2. The summed E-state index contributed by atoms with van der Waals surface area (Å²) in [5.74, 6) is 2.70. The number of nitrogens with one attached hydrogen (secondary N) is 2. The van der Waals surface area contributed by atoms with E-state index < -0.39 is 0 Å². The van der Waals surface area contributed by atoms with Gasteiger partial charge in [-0.3, -0.25) is 9.59 Å². The standard InChI is InChI=1S/C72H68N4O10/c1-71(2,3)55-23-19-45(20-24-55)63-39-61(85-75-63)41-81-59-31-27-57(28-32-59)73-65(77)43-83-69-51-15-9-16-52(69)36-48-12-8-14-50(68(48)80)38-54-18-10-17-53(37-49-13-7-11-47(35-51)67(49)79)70(54)84-44-66(78)74-58-29-33-60(34-30-58)82-42-62-40-64(76-86-62)46-21-25-56(26-22-46)72(4,5)6/h7-34,39-40,79-80H,35-38,41-44H2,1-6H3,(H,73,77)(H,74,78). The zero-order valence-corrected chi connectivity index (χ0v) is 49.0. The summed E-state index contributed by atoms with van der Waals surface area (Å²) in [7, 11) is 0. The Morgan fingerprint density at radius 1 is 0.430 bits per heavy atom. The van der Waals surface area contributed by atoms with Crippen LogP contribution < -0.4 is 29.6 Å². The quantitative estimate of drug-likeness (QED) is 0.0718. The Hall–Kier alpha value is -10.1. The van der Waals surface area contributed by atoms with Gasteiger partial charge in [0.25, 0.3) is 11.8 Å². The van der Waals surface area contributed by atoms with Crippen molar-refractivity contribution in [1.82, 2.24) is 10.3 Å². The number of amides is 2. The topological polar surface area (TPSA) is 188 Å². The molecule has 14 nitrogen and oxygen atoms in total. The van der Waals surface area contributed by atoms with Gasteiger partial charge in [-0.25, -0.2) is 0 Å². The molecule has 8 aromatic carbocycles. The first-order valence-electron chi connectivity index (χ1n) is 28.7. The molecule has 0 spiro atoms. The van der Waals surface area contributed by atoms with E-state index in [0.29, 0.717) is 68.1 Å². The number of para-hydroxylation sites is 4. The van der Waals surface area contributed by atoms with Gasteiger partial charge in [0.05, 0.1) is 0 Å². The minimum atomic E-state index is -0.384. The number of fused-ring (bicyclic) bond motifs is 8. The van der Waals surface area contributed by atoms with Crippen molar-refractivity contribution in [2.24, 2.45) is 0 Å². The molecule has 0 fully saturated rings. The Balaban J connectivity index is 0.735. The molecule has 11 rings (SSSR count). The molecule has 0 radical (unpaired) electrons. The van der Waals surface area contributed by atoms with Crippen molar-refractivity contribution in [3.05, 3.63) is 249 Å². The highest BCUT2D eigenvalue weighted by atomic mass is 16.5. The van der Waals surface area contributed by atoms with Crippen molar-refractivity contribution in [1.29, 1.82) is 0 Å². The van der Waals surface area contributed by atoms with Crippen LogP contribution in [-0.2, 0) is 59.3 Å². The number of ether oxygens (including phenoxy) is 4. The summed E-state index contributed by atoms with van der Waals surface area (Å²) in [4.78, 5) is 27.2. The summed E-state index contributed by atoms with van der Waals surface area (Å²) < 4.78 is 36.0. The molecule has 0 unspecified atom stereocenters. The van der Waals surface area contributed by atoms with Crippen LogP contribution >= 0.6 is 0 Å². The number of rotatable bonds is 16. The van der Waals surface area contributed by atoms with Gasteiger partial charge in [0.15, 0.2) is 24.7 Å². The normalized spacial score (nSPS) is 12.3. The van der Waals surface area contributed by atoms with Crippen molar-refractivity contribution >= 4 is 23.2 Å². The second-order valence-electron chi connectivity index (χ2n) is 23.7. The van der Waals surface area contributed by atoms with Crippen molar-refractivity contribution in [2.45, 2.75) is 91.3 Å². The Bertz CT molecular complexity index is 3670. The van der Waals surface area contributed by atoms with Crippen molar-refractivity contribution < 1.29 is 47.8 Å². The highest BCUT2D eigenvalue weighted by molar-refractivity contribution is 5.92. The molecule has 0 saturated heterocycles. The average Bonchev–Trinajstić information content (AvgIpc) is 2.56. The summed E-state index contributed by atoms with van der Waals surface area (Å²) in [5, 5.41) is 38.3. The van der Waals surface area contributed by atoms with Crippen LogP contribution in [0.1, 0.15) is 109 Å². The van der Waals surface area contributed by atoms with E-state index in [1.165, 1.54) is 11.1 Å². The number of nitrogens with zero attached hydrogens (tertiary/aromatic N) is 2. The SMILES string of the molecule is CC(C)(C)c1ccc(-c2cc(COc3ccc(NC(=O)COc4c5cccc4Cc4cccc(c4O)Cc4cccc(c4OCC(=O)Nc4ccc(OCc6cc(-c7ccc(C(C)(C)C)cc7)no6)cc4)Cc4cccc(c4O)C5)cc3)on2)cc1. The Morgan fingerprint density at radius 3 is 1.06 bits per heavy atom. The van der Waals surface area contributed by atoms with Gasteiger partial charge >= 0.3 is 0 Å². The Morgan fingerprint density at radius 2 is 0.744 bits per heavy atom. The number of carbonyl (C=O) groups excluding carboxylic acids is 2. The molecule has 2 heterocycles. The van der Waals surface area contributed by atoms with Gasteiger partial charge in [0.2, 0.25) is 0 Å². The molecule has 8 bridgehead atoms. The molecule has 0 saturated carbocycles. The van der Waals surface area contributed by atoms with Crippen molar-refractivity contribution in [3.8, 4) is 57.0 Å². The predicted molar refractivity (Wildman–Crippen MR) is 331 cm³/mol. The van der Waals surface area contributed by atoms with E-state index in [1.54, 1.807) is 48.5 Å². The maximum absolute atomic E-state index is 13.6. The molecule has 0 aliphatic heterocycles. The minimum absolute atomic E-state index is 0.0496. The molecule has 0 atom stereocenters. The monoisotopic (exact) mass is 1150 g/mol. The van der Waals surface area contributed by atoms with Crippen LogP contribution in [-0.4, -0.2) is 45.6 Å². The number of hydrogen-bond acceptors (Lipinski definition) is 12. The lowest BCUT2D eigenvalue weighted by molar-refractivity contribution is -0.118. The lowest BCUT2D eigenvalue weighted by atomic mass is 9.86. The third-order valence-electron chi connectivity index (χ3n) is 15.2. The number of benzene rings is 8. The number of aromatic nitrogens is 2. The molecule has 4 N–H and O–H groups in total. The maximum Gasteiger partial charge on any atom is 0.262 e. The van der Waals surface area contributed by atoms with Crippen LogP contribution in [0.15, 0.2) is 191 Å². The maximum atomic E-state index is 13.6. The molecule has 14 heteroatoms. The molecule has 1 aliphatic rings. The van der Waals surface area contributed by atoms with E-state index in [4.69, 9.17) is 28.0 Å². The second-order valence-corrected chi connectivity index (χ2v) is 23.7. The molecule has 436 valence electrons. The van der Waals surface area contributed by atoms with Gasteiger partial charge in [-0.1, -0.05) is 173 Å². The largest absolute Gasteiger partial charge is 0.507 e. The summed E-state index contributed by atoms with van der Waals surface area (Å²) >= 11 is 0. The number of phenolic OH excluding ortho intramolecular Hbond substituents is 2. The van der Waals surface area contributed by atoms with Gasteiger partial charge in [-0.05, 0) is 115 Å². The van der Waals surface area contributed by atoms with E-state index >= 15 is 0 Å². The Kier molecular flexibility index (Phi) is 16.8. The van der Waals surface area contributed by atoms with Gasteiger partial charge in [0, 0.05) is 60.3 Å². The first kappa shape index (κ1) is 57.7. The number of hydrogen-bond donors (Lipinski definition) is 4.